The number of nitrogens with zero attached hydrogens (tertiary/aromatic N) is 2. The number of ether oxygens (including phenoxy) is 1. The fraction of sp³-hybridized carbons (Fsp3) is 0.333. The Morgan fingerprint density at radius 3 is 2.92 bits per heavy atom. The minimum atomic E-state index is 0.0357. The van der Waals surface area contributed by atoms with Crippen molar-refractivity contribution < 1.29 is 9.53 Å². The molecule has 1 aliphatic heterocycles. The zero-order valence-corrected chi connectivity index (χ0v) is 15.1. The normalized spacial score (nSPS) is 17.1. The second kappa shape index (κ2) is 7.77. The van der Waals surface area contributed by atoms with E-state index < -0.39 is 0 Å². The summed E-state index contributed by atoms with van der Waals surface area (Å²) in [5.41, 5.74) is 0.597. The van der Waals surface area contributed by atoms with Crippen molar-refractivity contribution in [3.8, 4) is 11.6 Å². The van der Waals surface area contributed by atoms with Crippen LogP contribution in [0.1, 0.15) is 16.8 Å². The minimum absolute atomic E-state index is 0.0357. The number of aromatic nitrogens is 1. The highest BCUT2D eigenvalue weighted by Crippen LogP contribution is 2.28. The molecule has 1 saturated heterocycles. The van der Waals surface area contributed by atoms with Crippen LogP contribution < -0.4 is 10.1 Å². The van der Waals surface area contributed by atoms with Crippen molar-refractivity contribution in [2.75, 3.05) is 26.7 Å². The molecule has 126 valence electrons. The zero-order valence-electron chi connectivity index (χ0n) is 13.5. The average Bonchev–Trinajstić information content (AvgIpc) is 3.06. The van der Waals surface area contributed by atoms with E-state index in [0.29, 0.717) is 23.1 Å². The summed E-state index contributed by atoms with van der Waals surface area (Å²) in [7, 11) is 1.94. The third-order valence-corrected chi connectivity index (χ3v) is 4.76. The molecule has 0 unspecified atom stereocenters. The third kappa shape index (κ3) is 3.94. The van der Waals surface area contributed by atoms with E-state index in [-0.39, 0.29) is 5.91 Å². The van der Waals surface area contributed by atoms with Crippen LogP contribution >= 0.6 is 15.9 Å². The molecule has 1 atom stereocenters. The predicted octanol–water partition coefficient (Wildman–Crippen LogP) is 3.32. The summed E-state index contributed by atoms with van der Waals surface area (Å²) in [6.07, 6.45) is 2.63. The van der Waals surface area contributed by atoms with Crippen LogP contribution in [-0.2, 0) is 0 Å². The molecular formula is C18H20BrN3O2. The van der Waals surface area contributed by atoms with Crippen molar-refractivity contribution in [3.05, 3.63) is 52.6 Å². The van der Waals surface area contributed by atoms with E-state index in [9.17, 15) is 4.79 Å². The average molecular weight is 390 g/mol. The molecule has 6 heteroatoms. The van der Waals surface area contributed by atoms with Crippen LogP contribution in [0.3, 0.4) is 0 Å². The molecular weight excluding hydrogens is 370 g/mol. The molecule has 0 spiro atoms. The summed E-state index contributed by atoms with van der Waals surface area (Å²) in [5, 5.41) is 3.17. The van der Waals surface area contributed by atoms with Gasteiger partial charge in [-0.15, -0.1) is 0 Å². The van der Waals surface area contributed by atoms with Gasteiger partial charge in [0.1, 0.15) is 5.75 Å². The first-order valence-corrected chi connectivity index (χ1v) is 8.79. The fourth-order valence-corrected chi connectivity index (χ4v) is 3.23. The molecule has 0 aliphatic carbocycles. The van der Waals surface area contributed by atoms with Gasteiger partial charge < -0.3 is 15.0 Å². The van der Waals surface area contributed by atoms with Gasteiger partial charge in [0.25, 0.3) is 5.91 Å². The Morgan fingerprint density at radius 1 is 1.38 bits per heavy atom. The molecule has 24 heavy (non-hydrogen) atoms. The first-order valence-electron chi connectivity index (χ1n) is 7.99. The maximum absolute atomic E-state index is 12.5. The first kappa shape index (κ1) is 16.9. The van der Waals surface area contributed by atoms with Gasteiger partial charge in [-0.05, 0) is 60.1 Å². The number of hydrogen-bond acceptors (Lipinski definition) is 4. The Hall–Kier alpha value is -1.92. The van der Waals surface area contributed by atoms with Gasteiger partial charge in [-0.1, -0.05) is 12.1 Å². The Bertz CT molecular complexity index is 706. The Kier molecular flexibility index (Phi) is 5.48. The quantitative estimate of drug-likeness (QED) is 0.851. The number of amides is 1. The monoisotopic (exact) mass is 389 g/mol. The van der Waals surface area contributed by atoms with E-state index in [1.54, 1.807) is 18.3 Å². The van der Waals surface area contributed by atoms with Gasteiger partial charge in [-0.2, -0.15) is 0 Å². The molecule has 3 rings (SSSR count). The van der Waals surface area contributed by atoms with Crippen LogP contribution in [0.4, 0.5) is 0 Å². The molecule has 1 fully saturated rings. The number of nitrogens with one attached hydrogen (secondary N) is 1. The lowest BCUT2D eigenvalue weighted by molar-refractivity contribution is 0.0786. The summed E-state index contributed by atoms with van der Waals surface area (Å²) in [6, 6.07) is 11.1. The summed E-state index contributed by atoms with van der Waals surface area (Å²) in [4.78, 5) is 18.7. The largest absolute Gasteiger partial charge is 0.438 e. The number of para-hydroxylation sites is 1. The van der Waals surface area contributed by atoms with E-state index in [2.05, 4.69) is 26.2 Å². The van der Waals surface area contributed by atoms with Crippen molar-refractivity contribution in [1.82, 2.24) is 15.2 Å². The topological polar surface area (TPSA) is 54.5 Å². The fourth-order valence-electron chi connectivity index (χ4n) is 2.86. The number of rotatable bonds is 5. The van der Waals surface area contributed by atoms with Gasteiger partial charge in [-0.3, -0.25) is 4.79 Å². The van der Waals surface area contributed by atoms with Gasteiger partial charge in [0.05, 0.1) is 10.0 Å². The van der Waals surface area contributed by atoms with Crippen LogP contribution in [0.5, 0.6) is 11.6 Å². The van der Waals surface area contributed by atoms with Gasteiger partial charge in [0.2, 0.25) is 5.88 Å². The van der Waals surface area contributed by atoms with Crippen molar-refractivity contribution >= 4 is 21.8 Å². The van der Waals surface area contributed by atoms with E-state index in [1.165, 1.54) is 0 Å². The molecule has 0 saturated carbocycles. The van der Waals surface area contributed by atoms with Gasteiger partial charge >= 0.3 is 0 Å². The number of benzene rings is 1. The SMILES string of the molecule is CNC[C@@H]1CCN(C(=O)c2ccc(Oc3ccccc3Br)nc2)C1. The number of carbonyl (C=O) groups is 1. The number of pyridine rings is 1. The van der Waals surface area contributed by atoms with E-state index >= 15 is 0 Å². The van der Waals surface area contributed by atoms with Crippen LogP contribution in [0.25, 0.3) is 0 Å². The molecule has 1 aliphatic rings. The molecule has 1 aromatic carbocycles. The van der Waals surface area contributed by atoms with Crippen LogP contribution in [0.15, 0.2) is 47.1 Å². The molecule has 1 N–H and O–H groups in total. The van der Waals surface area contributed by atoms with Crippen molar-refractivity contribution in [3.63, 3.8) is 0 Å². The molecule has 0 radical (unpaired) electrons. The standard InChI is InChI=1S/C18H20BrN3O2/c1-20-10-13-8-9-22(12-13)18(23)14-6-7-17(21-11-14)24-16-5-3-2-4-15(16)19/h2-7,11,13,20H,8-10,12H2,1H3/t13-/m0/s1. The zero-order chi connectivity index (χ0) is 16.9. The maximum Gasteiger partial charge on any atom is 0.255 e. The molecule has 5 nitrogen and oxygen atoms in total. The first-order chi connectivity index (χ1) is 11.7. The Morgan fingerprint density at radius 2 is 2.21 bits per heavy atom. The number of hydrogen-bond donors (Lipinski definition) is 1. The van der Waals surface area contributed by atoms with E-state index in [4.69, 9.17) is 4.74 Å². The highest BCUT2D eigenvalue weighted by molar-refractivity contribution is 9.10. The van der Waals surface area contributed by atoms with Crippen LogP contribution in [-0.4, -0.2) is 42.5 Å². The maximum atomic E-state index is 12.5. The molecule has 1 aromatic heterocycles. The second-order valence-electron chi connectivity index (χ2n) is 5.88. The molecule has 2 aromatic rings. The van der Waals surface area contributed by atoms with E-state index in [0.717, 1.165) is 30.5 Å². The predicted molar refractivity (Wildman–Crippen MR) is 96.4 cm³/mol. The summed E-state index contributed by atoms with van der Waals surface area (Å²) in [6.45, 7) is 2.55. The van der Waals surface area contributed by atoms with Crippen molar-refractivity contribution in [2.24, 2.45) is 5.92 Å². The highest BCUT2D eigenvalue weighted by atomic mass is 79.9. The number of carbonyl (C=O) groups excluding carboxylic acids is 1. The summed E-state index contributed by atoms with van der Waals surface area (Å²) >= 11 is 3.44. The number of halogens is 1. The lowest BCUT2D eigenvalue weighted by atomic mass is 10.1. The molecule has 1 amide bonds. The number of likely N-dealkylation sites (tertiary alicyclic amines) is 1. The van der Waals surface area contributed by atoms with Crippen molar-refractivity contribution in [1.29, 1.82) is 0 Å². The Balaban J connectivity index is 1.64. The highest BCUT2D eigenvalue weighted by Gasteiger charge is 2.26. The molecule has 0 bridgehead atoms. The van der Waals surface area contributed by atoms with Gasteiger partial charge in [0.15, 0.2) is 0 Å². The lowest BCUT2D eigenvalue weighted by Crippen LogP contribution is -2.30. The second-order valence-corrected chi connectivity index (χ2v) is 6.74. The lowest BCUT2D eigenvalue weighted by Gasteiger charge is -2.16. The van der Waals surface area contributed by atoms with Gasteiger partial charge in [-0.25, -0.2) is 4.98 Å². The smallest absolute Gasteiger partial charge is 0.255 e. The van der Waals surface area contributed by atoms with Crippen LogP contribution in [0.2, 0.25) is 0 Å². The molecule has 2 heterocycles. The summed E-state index contributed by atoms with van der Waals surface area (Å²) in [5.74, 6) is 1.73. The Labute approximate surface area is 150 Å². The van der Waals surface area contributed by atoms with Crippen LogP contribution in [0, 0.1) is 5.92 Å². The third-order valence-electron chi connectivity index (χ3n) is 4.10. The van der Waals surface area contributed by atoms with Gasteiger partial charge in [0, 0.05) is 25.4 Å². The summed E-state index contributed by atoms with van der Waals surface area (Å²) < 4.78 is 6.59. The van der Waals surface area contributed by atoms with E-state index in [1.807, 2.05) is 36.2 Å². The minimum Gasteiger partial charge on any atom is -0.438 e. The van der Waals surface area contributed by atoms with Crippen molar-refractivity contribution in [2.45, 2.75) is 6.42 Å².